The summed E-state index contributed by atoms with van der Waals surface area (Å²) in [5.74, 6) is -1.01. The molecule has 0 amide bonds. The van der Waals surface area contributed by atoms with E-state index in [-0.39, 0.29) is 0 Å². The minimum absolute atomic E-state index is 0.398. The standard InChI is InChI=1S/C17H32O3Si/c1-4-13-18-17(19-14-5-2,20-15-6-3)12-10-8-7-9-11-16-21/h4-6H,1-3,7-16H2,21H3. The fraction of sp³-hybridized carbons (Fsp3) is 0.647. The Hall–Kier alpha value is -0.683. The lowest BCUT2D eigenvalue weighted by Crippen LogP contribution is -2.39. The average Bonchev–Trinajstić information content (AvgIpc) is 2.51. The van der Waals surface area contributed by atoms with Gasteiger partial charge in [-0.05, 0) is 6.42 Å². The van der Waals surface area contributed by atoms with Crippen LogP contribution in [0, 0.1) is 0 Å². The Bertz CT molecular complexity index is 248. The highest BCUT2D eigenvalue weighted by atomic mass is 28.1. The van der Waals surface area contributed by atoms with Gasteiger partial charge in [-0.25, -0.2) is 0 Å². The first-order valence-corrected chi connectivity index (χ1v) is 9.40. The van der Waals surface area contributed by atoms with Crippen molar-refractivity contribution in [1.29, 1.82) is 0 Å². The quantitative estimate of drug-likeness (QED) is 0.189. The van der Waals surface area contributed by atoms with Crippen molar-refractivity contribution in [2.75, 3.05) is 19.8 Å². The van der Waals surface area contributed by atoms with Crippen molar-refractivity contribution in [3.63, 3.8) is 0 Å². The topological polar surface area (TPSA) is 27.7 Å². The Balaban J connectivity index is 4.37. The predicted molar refractivity (Wildman–Crippen MR) is 93.6 cm³/mol. The summed E-state index contributed by atoms with van der Waals surface area (Å²) in [5, 5.41) is 0. The maximum atomic E-state index is 5.76. The number of hydrogen-bond donors (Lipinski definition) is 0. The highest BCUT2D eigenvalue weighted by Gasteiger charge is 2.32. The van der Waals surface area contributed by atoms with Crippen molar-refractivity contribution in [3.8, 4) is 0 Å². The van der Waals surface area contributed by atoms with E-state index in [0.717, 1.165) is 6.42 Å². The summed E-state index contributed by atoms with van der Waals surface area (Å²) in [7, 11) is 1.32. The zero-order valence-electron chi connectivity index (χ0n) is 13.6. The van der Waals surface area contributed by atoms with Crippen LogP contribution in [0.5, 0.6) is 0 Å². The molecule has 0 aliphatic heterocycles. The molecule has 0 aromatic rings. The second-order valence-corrected chi connectivity index (χ2v) is 6.00. The first-order chi connectivity index (χ1) is 10.2. The molecular formula is C17H32O3Si. The molecule has 4 heteroatoms. The maximum Gasteiger partial charge on any atom is 0.283 e. The van der Waals surface area contributed by atoms with Crippen molar-refractivity contribution in [2.24, 2.45) is 0 Å². The second-order valence-electron chi connectivity index (χ2n) is 5.00. The third-order valence-corrected chi connectivity index (χ3v) is 3.81. The molecule has 3 nitrogen and oxygen atoms in total. The van der Waals surface area contributed by atoms with E-state index in [4.69, 9.17) is 14.2 Å². The fourth-order valence-corrected chi connectivity index (χ4v) is 2.52. The van der Waals surface area contributed by atoms with Gasteiger partial charge in [0.15, 0.2) is 0 Å². The van der Waals surface area contributed by atoms with E-state index in [1.807, 2.05) is 0 Å². The molecule has 0 aromatic heterocycles. The van der Waals surface area contributed by atoms with Gasteiger partial charge in [0, 0.05) is 16.7 Å². The molecule has 0 saturated heterocycles. The summed E-state index contributed by atoms with van der Waals surface area (Å²) < 4.78 is 17.3. The van der Waals surface area contributed by atoms with E-state index in [1.165, 1.54) is 42.0 Å². The minimum atomic E-state index is -1.01. The van der Waals surface area contributed by atoms with Gasteiger partial charge in [0.05, 0.1) is 19.8 Å². The number of rotatable bonds is 16. The minimum Gasteiger partial charge on any atom is -0.323 e. The monoisotopic (exact) mass is 312 g/mol. The van der Waals surface area contributed by atoms with Crippen molar-refractivity contribution < 1.29 is 14.2 Å². The number of ether oxygens (including phenoxy) is 3. The van der Waals surface area contributed by atoms with Crippen molar-refractivity contribution in [2.45, 2.75) is 50.5 Å². The second kappa shape index (κ2) is 14.3. The number of unbranched alkanes of at least 4 members (excludes halogenated alkanes) is 4. The van der Waals surface area contributed by atoms with Crippen LogP contribution in [-0.4, -0.2) is 36.0 Å². The smallest absolute Gasteiger partial charge is 0.283 e. The molecule has 0 radical (unpaired) electrons. The lowest BCUT2D eigenvalue weighted by Gasteiger charge is -2.32. The van der Waals surface area contributed by atoms with Crippen molar-refractivity contribution >= 4 is 10.2 Å². The molecule has 0 atom stereocenters. The van der Waals surface area contributed by atoms with Gasteiger partial charge in [-0.2, -0.15) is 0 Å². The normalized spacial score (nSPS) is 11.4. The van der Waals surface area contributed by atoms with Crippen LogP contribution in [0.25, 0.3) is 0 Å². The average molecular weight is 313 g/mol. The lowest BCUT2D eigenvalue weighted by atomic mass is 10.1. The van der Waals surface area contributed by atoms with Crippen LogP contribution in [0.4, 0.5) is 0 Å². The van der Waals surface area contributed by atoms with E-state index >= 15 is 0 Å². The summed E-state index contributed by atoms with van der Waals surface area (Å²) >= 11 is 0. The van der Waals surface area contributed by atoms with Crippen LogP contribution in [-0.2, 0) is 14.2 Å². The lowest BCUT2D eigenvalue weighted by molar-refractivity contribution is -0.373. The molecule has 0 bridgehead atoms. The zero-order valence-corrected chi connectivity index (χ0v) is 15.6. The first-order valence-electron chi connectivity index (χ1n) is 7.99. The molecule has 21 heavy (non-hydrogen) atoms. The Morgan fingerprint density at radius 3 is 1.57 bits per heavy atom. The largest absolute Gasteiger partial charge is 0.323 e. The van der Waals surface area contributed by atoms with Gasteiger partial charge < -0.3 is 14.2 Å². The molecular weight excluding hydrogens is 280 g/mol. The molecule has 0 saturated carbocycles. The van der Waals surface area contributed by atoms with Crippen LogP contribution >= 0.6 is 0 Å². The fourth-order valence-electron chi connectivity index (χ4n) is 2.02. The first kappa shape index (κ1) is 20.3. The Kier molecular flexibility index (Phi) is 13.8. The molecule has 0 rings (SSSR count). The third-order valence-electron chi connectivity index (χ3n) is 3.10. The molecule has 0 aromatic carbocycles. The van der Waals surface area contributed by atoms with E-state index in [0.29, 0.717) is 26.2 Å². The van der Waals surface area contributed by atoms with Gasteiger partial charge in [0.25, 0.3) is 5.97 Å². The van der Waals surface area contributed by atoms with Gasteiger partial charge >= 0.3 is 0 Å². The Morgan fingerprint density at radius 2 is 1.14 bits per heavy atom. The summed E-state index contributed by atoms with van der Waals surface area (Å²) in [5.41, 5.74) is 0. The van der Waals surface area contributed by atoms with Gasteiger partial charge in [-0.3, -0.25) is 0 Å². The van der Waals surface area contributed by atoms with E-state index in [9.17, 15) is 0 Å². The van der Waals surface area contributed by atoms with Crippen molar-refractivity contribution in [1.82, 2.24) is 0 Å². The molecule has 122 valence electrons. The van der Waals surface area contributed by atoms with Crippen molar-refractivity contribution in [3.05, 3.63) is 38.0 Å². The molecule has 0 heterocycles. The summed E-state index contributed by atoms with van der Waals surface area (Å²) in [6.45, 7) is 12.2. The van der Waals surface area contributed by atoms with Gasteiger partial charge in [-0.1, -0.05) is 50.0 Å². The van der Waals surface area contributed by atoms with Gasteiger partial charge in [-0.15, -0.1) is 19.7 Å². The Morgan fingerprint density at radius 1 is 0.714 bits per heavy atom. The van der Waals surface area contributed by atoms with Crippen LogP contribution < -0.4 is 0 Å². The summed E-state index contributed by atoms with van der Waals surface area (Å²) in [4.78, 5) is 0. The number of hydrogen-bond acceptors (Lipinski definition) is 3. The van der Waals surface area contributed by atoms with E-state index in [2.05, 4.69) is 19.7 Å². The van der Waals surface area contributed by atoms with E-state index in [1.54, 1.807) is 18.2 Å². The van der Waals surface area contributed by atoms with E-state index < -0.39 is 5.97 Å². The molecule has 0 unspecified atom stereocenters. The van der Waals surface area contributed by atoms with Gasteiger partial charge in [0.2, 0.25) is 0 Å². The zero-order chi connectivity index (χ0) is 15.8. The molecule has 0 aliphatic carbocycles. The SMILES string of the molecule is C=CCOC(CCCCCCC[SiH3])(OCC=C)OCC=C. The predicted octanol–water partition coefficient (Wildman–Crippen LogP) is 3.37. The molecule has 0 aliphatic rings. The summed E-state index contributed by atoms with van der Waals surface area (Å²) in [6, 6.07) is 1.40. The summed E-state index contributed by atoms with van der Waals surface area (Å²) in [6.07, 6.45) is 12.0. The van der Waals surface area contributed by atoms with Crippen LogP contribution in [0.2, 0.25) is 6.04 Å². The maximum absolute atomic E-state index is 5.76. The van der Waals surface area contributed by atoms with Crippen LogP contribution in [0.1, 0.15) is 38.5 Å². The highest BCUT2D eigenvalue weighted by Crippen LogP contribution is 2.24. The highest BCUT2D eigenvalue weighted by molar-refractivity contribution is 6.08. The van der Waals surface area contributed by atoms with Crippen LogP contribution in [0.3, 0.4) is 0 Å². The Labute approximate surface area is 133 Å². The molecule has 0 N–H and O–H groups in total. The molecule has 0 spiro atoms. The molecule has 0 fully saturated rings. The third kappa shape index (κ3) is 10.7. The van der Waals surface area contributed by atoms with Crippen LogP contribution in [0.15, 0.2) is 38.0 Å². The van der Waals surface area contributed by atoms with Gasteiger partial charge in [0.1, 0.15) is 0 Å².